The quantitative estimate of drug-likeness (QED) is 0.800. The van der Waals surface area contributed by atoms with Crippen LogP contribution in [0.25, 0.3) is 0 Å². The first-order chi connectivity index (χ1) is 6.13. The predicted octanol–water partition coefficient (Wildman–Crippen LogP) is 2.62. The average molecular weight is 202 g/mol. The van der Waals surface area contributed by atoms with E-state index in [-0.39, 0.29) is 11.7 Å². The van der Waals surface area contributed by atoms with Crippen molar-refractivity contribution in [2.45, 2.75) is 13.3 Å². The molecule has 1 aromatic carbocycles. The Morgan fingerprint density at radius 2 is 2.23 bits per heavy atom. The molecule has 1 aromatic rings. The standard InChI is InChI=1S/C10H13ClFN/c1-7(6-13)4-8-5-9(11)2-3-10(8)12/h2-3,5,7H,4,6,13H2,1H3. The molecular weight excluding hydrogens is 189 g/mol. The van der Waals surface area contributed by atoms with Gasteiger partial charge in [0, 0.05) is 5.02 Å². The van der Waals surface area contributed by atoms with E-state index in [9.17, 15) is 4.39 Å². The summed E-state index contributed by atoms with van der Waals surface area (Å²) in [6, 6.07) is 4.59. The third kappa shape index (κ3) is 2.98. The van der Waals surface area contributed by atoms with E-state index in [4.69, 9.17) is 17.3 Å². The van der Waals surface area contributed by atoms with Crippen LogP contribution in [0.1, 0.15) is 12.5 Å². The van der Waals surface area contributed by atoms with E-state index in [0.717, 1.165) is 0 Å². The summed E-state index contributed by atoms with van der Waals surface area (Å²) in [4.78, 5) is 0. The molecule has 0 aliphatic carbocycles. The van der Waals surface area contributed by atoms with Crippen LogP contribution in [0, 0.1) is 11.7 Å². The van der Waals surface area contributed by atoms with Gasteiger partial charge in [0.25, 0.3) is 0 Å². The summed E-state index contributed by atoms with van der Waals surface area (Å²) in [5, 5.41) is 0.570. The van der Waals surface area contributed by atoms with Crippen LogP contribution in [0.5, 0.6) is 0 Å². The predicted molar refractivity (Wildman–Crippen MR) is 53.3 cm³/mol. The molecule has 3 heteroatoms. The van der Waals surface area contributed by atoms with Crippen molar-refractivity contribution < 1.29 is 4.39 Å². The average Bonchev–Trinajstić information content (AvgIpc) is 2.11. The number of hydrogen-bond donors (Lipinski definition) is 1. The molecule has 0 aliphatic heterocycles. The first-order valence-electron chi connectivity index (χ1n) is 4.27. The number of benzene rings is 1. The number of nitrogens with two attached hydrogens (primary N) is 1. The lowest BCUT2D eigenvalue weighted by Crippen LogP contribution is -2.13. The zero-order chi connectivity index (χ0) is 9.84. The SMILES string of the molecule is CC(CN)Cc1cc(Cl)ccc1F. The van der Waals surface area contributed by atoms with Crippen molar-refractivity contribution >= 4 is 11.6 Å². The van der Waals surface area contributed by atoms with E-state index in [1.54, 1.807) is 12.1 Å². The molecule has 1 unspecified atom stereocenters. The highest BCUT2D eigenvalue weighted by Gasteiger charge is 2.06. The van der Waals surface area contributed by atoms with Gasteiger partial charge in [-0.1, -0.05) is 18.5 Å². The molecule has 72 valence electrons. The van der Waals surface area contributed by atoms with Gasteiger partial charge in [-0.05, 0) is 42.6 Å². The van der Waals surface area contributed by atoms with Gasteiger partial charge in [0.05, 0.1) is 0 Å². The van der Waals surface area contributed by atoms with Crippen molar-refractivity contribution in [3.8, 4) is 0 Å². The fraction of sp³-hybridized carbons (Fsp3) is 0.400. The lowest BCUT2D eigenvalue weighted by Gasteiger charge is -2.09. The largest absolute Gasteiger partial charge is 0.330 e. The van der Waals surface area contributed by atoms with Crippen molar-refractivity contribution in [1.29, 1.82) is 0 Å². The molecule has 0 radical (unpaired) electrons. The molecule has 0 fully saturated rings. The topological polar surface area (TPSA) is 26.0 Å². The van der Waals surface area contributed by atoms with Crippen molar-refractivity contribution in [3.63, 3.8) is 0 Å². The molecule has 0 aliphatic rings. The smallest absolute Gasteiger partial charge is 0.126 e. The summed E-state index contributed by atoms with van der Waals surface area (Å²) in [5.41, 5.74) is 6.10. The maximum atomic E-state index is 13.2. The summed E-state index contributed by atoms with van der Waals surface area (Å²) in [7, 11) is 0. The van der Waals surface area contributed by atoms with Gasteiger partial charge in [-0.25, -0.2) is 4.39 Å². The molecule has 1 rings (SSSR count). The van der Waals surface area contributed by atoms with Crippen LogP contribution >= 0.6 is 11.6 Å². The minimum atomic E-state index is -0.204. The summed E-state index contributed by atoms with van der Waals surface area (Å²) >= 11 is 5.75. The fourth-order valence-corrected chi connectivity index (χ4v) is 1.35. The zero-order valence-corrected chi connectivity index (χ0v) is 8.31. The summed E-state index contributed by atoms with van der Waals surface area (Å²) in [6.45, 7) is 2.55. The molecule has 1 atom stereocenters. The molecule has 0 bridgehead atoms. The fourth-order valence-electron chi connectivity index (χ4n) is 1.16. The van der Waals surface area contributed by atoms with Gasteiger partial charge < -0.3 is 5.73 Å². The van der Waals surface area contributed by atoms with Crippen molar-refractivity contribution in [1.82, 2.24) is 0 Å². The van der Waals surface area contributed by atoms with Crippen LogP contribution in [-0.2, 0) is 6.42 Å². The van der Waals surface area contributed by atoms with E-state index < -0.39 is 0 Å². The van der Waals surface area contributed by atoms with E-state index in [1.807, 2.05) is 6.92 Å². The van der Waals surface area contributed by atoms with Crippen LogP contribution in [0.3, 0.4) is 0 Å². The van der Waals surface area contributed by atoms with Gasteiger partial charge in [0.2, 0.25) is 0 Å². The second-order valence-electron chi connectivity index (χ2n) is 3.28. The maximum absolute atomic E-state index is 13.2. The second kappa shape index (κ2) is 4.58. The molecule has 2 N–H and O–H groups in total. The molecule has 0 saturated carbocycles. The molecular formula is C10H13ClFN. The third-order valence-corrected chi connectivity index (χ3v) is 2.21. The normalized spacial score (nSPS) is 12.9. The number of rotatable bonds is 3. The Kier molecular flexibility index (Phi) is 3.70. The molecule has 0 spiro atoms. The summed E-state index contributed by atoms with van der Waals surface area (Å²) in [6.07, 6.45) is 0.642. The Balaban J connectivity index is 2.81. The Hall–Kier alpha value is -0.600. The maximum Gasteiger partial charge on any atom is 0.126 e. The van der Waals surface area contributed by atoms with Crippen LogP contribution in [0.2, 0.25) is 5.02 Å². The first kappa shape index (κ1) is 10.5. The minimum Gasteiger partial charge on any atom is -0.330 e. The monoisotopic (exact) mass is 201 g/mol. The number of hydrogen-bond acceptors (Lipinski definition) is 1. The van der Waals surface area contributed by atoms with Crippen LogP contribution in [-0.4, -0.2) is 6.54 Å². The van der Waals surface area contributed by atoms with Gasteiger partial charge in [-0.15, -0.1) is 0 Å². The summed E-state index contributed by atoms with van der Waals surface area (Å²) < 4.78 is 13.2. The molecule has 0 heterocycles. The van der Waals surface area contributed by atoms with Gasteiger partial charge in [-0.3, -0.25) is 0 Å². The van der Waals surface area contributed by atoms with E-state index >= 15 is 0 Å². The zero-order valence-electron chi connectivity index (χ0n) is 7.56. The minimum absolute atomic E-state index is 0.204. The molecule has 0 aromatic heterocycles. The molecule has 13 heavy (non-hydrogen) atoms. The van der Waals surface area contributed by atoms with Gasteiger partial charge in [-0.2, -0.15) is 0 Å². The lowest BCUT2D eigenvalue weighted by molar-refractivity contribution is 0.552. The lowest BCUT2D eigenvalue weighted by atomic mass is 10.0. The Labute approximate surface area is 82.7 Å². The van der Waals surface area contributed by atoms with Crippen LogP contribution in [0.4, 0.5) is 4.39 Å². The van der Waals surface area contributed by atoms with Crippen LogP contribution in [0.15, 0.2) is 18.2 Å². The van der Waals surface area contributed by atoms with Crippen molar-refractivity contribution in [2.24, 2.45) is 11.7 Å². The Morgan fingerprint density at radius 1 is 1.54 bits per heavy atom. The Morgan fingerprint density at radius 3 is 2.85 bits per heavy atom. The van der Waals surface area contributed by atoms with E-state index in [2.05, 4.69) is 0 Å². The highest BCUT2D eigenvalue weighted by atomic mass is 35.5. The second-order valence-corrected chi connectivity index (χ2v) is 3.72. The molecule has 0 saturated heterocycles. The van der Waals surface area contributed by atoms with Crippen molar-refractivity contribution in [3.05, 3.63) is 34.6 Å². The van der Waals surface area contributed by atoms with E-state index in [1.165, 1.54) is 6.07 Å². The Bertz CT molecular complexity index is 288. The van der Waals surface area contributed by atoms with E-state index in [0.29, 0.717) is 23.6 Å². The molecule has 1 nitrogen and oxygen atoms in total. The van der Waals surface area contributed by atoms with Crippen molar-refractivity contribution in [2.75, 3.05) is 6.54 Å². The highest BCUT2D eigenvalue weighted by molar-refractivity contribution is 6.30. The first-order valence-corrected chi connectivity index (χ1v) is 4.65. The number of halogens is 2. The highest BCUT2D eigenvalue weighted by Crippen LogP contribution is 2.17. The van der Waals surface area contributed by atoms with Crippen LogP contribution < -0.4 is 5.73 Å². The summed E-state index contributed by atoms with van der Waals surface area (Å²) in [5.74, 6) is 0.0812. The third-order valence-electron chi connectivity index (χ3n) is 1.98. The van der Waals surface area contributed by atoms with Gasteiger partial charge in [0.15, 0.2) is 0 Å². The van der Waals surface area contributed by atoms with Gasteiger partial charge >= 0.3 is 0 Å². The molecule has 0 amide bonds. The van der Waals surface area contributed by atoms with Gasteiger partial charge in [0.1, 0.15) is 5.82 Å².